The van der Waals surface area contributed by atoms with Gasteiger partial charge in [-0.25, -0.2) is 22.7 Å². The normalized spacial score (nSPS) is 11.9. The molecule has 0 aliphatic rings. The maximum absolute atomic E-state index is 11.6. The van der Waals surface area contributed by atoms with Crippen LogP contribution in [0.25, 0.3) is 11.5 Å². The quantitative estimate of drug-likeness (QED) is 0.210. The molecule has 0 spiro atoms. The first-order valence-electron chi connectivity index (χ1n) is 9.41. The molecule has 0 aliphatic heterocycles. The third kappa shape index (κ3) is 8.70. The van der Waals surface area contributed by atoms with Gasteiger partial charge in [-0.05, 0) is 25.5 Å². The lowest BCUT2D eigenvalue weighted by Crippen LogP contribution is -2.39. The molecule has 0 unspecified atom stereocenters. The van der Waals surface area contributed by atoms with Crippen molar-refractivity contribution in [2.75, 3.05) is 32.4 Å². The maximum Gasteiger partial charge on any atom is 0.226 e. The van der Waals surface area contributed by atoms with Crippen molar-refractivity contribution in [3.05, 3.63) is 42.3 Å². The summed E-state index contributed by atoms with van der Waals surface area (Å²) in [7, 11) is -3.15. The number of aliphatic imine (C=N–C) groups is 1. The number of sulfonamides is 1. The van der Waals surface area contributed by atoms with Gasteiger partial charge in [0.1, 0.15) is 12.0 Å². The zero-order valence-electron chi connectivity index (χ0n) is 17.1. The number of hydrogen-bond acceptors (Lipinski definition) is 5. The smallest absolute Gasteiger partial charge is 0.226 e. The van der Waals surface area contributed by atoms with Crippen LogP contribution in [0, 0.1) is 0 Å². The lowest BCUT2D eigenvalue weighted by Gasteiger charge is -2.18. The van der Waals surface area contributed by atoms with Gasteiger partial charge >= 0.3 is 0 Å². The van der Waals surface area contributed by atoms with Crippen LogP contribution in [0.1, 0.15) is 26.0 Å². The maximum atomic E-state index is 11.6. The Morgan fingerprint density at radius 2 is 1.93 bits per heavy atom. The molecular formula is C19H30IN5O3S. The van der Waals surface area contributed by atoms with E-state index in [1.165, 1.54) is 10.6 Å². The summed E-state index contributed by atoms with van der Waals surface area (Å²) >= 11 is 0. The molecule has 1 aromatic heterocycles. The Morgan fingerprint density at radius 1 is 1.21 bits per heavy atom. The van der Waals surface area contributed by atoms with Crippen LogP contribution in [-0.4, -0.2) is 56.1 Å². The number of halogens is 1. The molecule has 1 aromatic carbocycles. The van der Waals surface area contributed by atoms with Crippen LogP contribution >= 0.6 is 24.0 Å². The third-order valence-electron chi connectivity index (χ3n) is 4.01. The van der Waals surface area contributed by atoms with E-state index < -0.39 is 10.0 Å². The van der Waals surface area contributed by atoms with Crippen LogP contribution in [0.2, 0.25) is 0 Å². The van der Waals surface area contributed by atoms with E-state index in [0.29, 0.717) is 44.5 Å². The molecular weight excluding hydrogens is 505 g/mol. The highest BCUT2D eigenvalue weighted by Crippen LogP contribution is 2.18. The number of rotatable bonds is 10. The minimum Gasteiger partial charge on any atom is -0.444 e. The highest BCUT2D eigenvalue weighted by atomic mass is 127. The van der Waals surface area contributed by atoms with Crippen molar-refractivity contribution in [2.45, 2.75) is 26.8 Å². The van der Waals surface area contributed by atoms with Crippen molar-refractivity contribution in [1.29, 1.82) is 0 Å². The van der Waals surface area contributed by atoms with E-state index in [2.05, 4.69) is 20.6 Å². The van der Waals surface area contributed by atoms with E-state index >= 15 is 0 Å². The number of guanidine groups is 1. The van der Waals surface area contributed by atoms with Gasteiger partial charge in [0.05, 0.1) is 12.8 Å². The Labute approximate surface area is 190 Å². The summed E-state index contributed by atoms with van der Waals surface area (Å²) in [4.78, 5) is 8.98. The minimum absolute atomic E-state index is 0. The second-order valence-corrected chi connectivity index (χ2v) is 8.22. The molecule has 0 fully saturated rings. The van der Waals surface area contributed by atoms with Gasteiger partial charge < -0.3 is 15.1 Å². The SMILES string of the molecule is CCNC(=NCc1coc(-c2ccccc2)n1)NCCCN(CC)S(C)(=O)=O.I. The standard InChI is InChI=1S/C19H29N5O3S.HI/c1-4-20-19(21-12-9-13-24(5-2)28(3,25)26)22-14-17-15-27-18(23-17)16-10-7-6-8-11-16;/h6-8,10-11,15H,4-5,9,12-14H2,1-3H3,(H2,20,21,22);1H. The predicted molar refractivity (Wildman–Crippen MR) is 127 cm³/mol. The summed E-state index contributed by atoms with van der Waals surface area (Å²) in [6.07, 6.45) is 3.53. The van der Waals surface area contributed by atoms with Gasteiger partial charge in [-0.1, -0.05) is 25.1 Å². The van der Waals surface area contributed by atoms with E-state index in [9.17, 15) is 8.42 Å². The van der Waals surface area contributed by atoms with E-state index in [1.807, 2.05) is 44.2 Å². The van der Waals surface area contributed by atoms with Crippen LogP contribution < -0.4 is 10.6 Å². The number of benzene rings is 1. The molecule has 10 heteroatoms. The molecule has 0 aliphatic carbocycles. The molecule has 2 aromatic rings. The van der Waals surface area contributed by atoms with Crippen molar-refractivity contribution >= 4 is 40.0 Å². The monoisotopic (exact) mass is 535 g/mol. The third-order valence-corrected chi connectivity index (χ3v) is 5.39. The van der Waals surface area contributed by atoms with Crippen molar-refractivity contribution in [1.82, 2.24) is 19.9 Å². The number of nitrogens with zero attached hydrogens (tertiary/aromatic N) is 3. The zero-order valence-corrected chi connectivity index (χ0v) is 20.2. The van der Waals surface area contributed by atoms with Crippen LogP contribution in [0.15, 0.2) is 46.0 Å². The number of aromatic nitrogens is 1. The summed E-state index contributed by atoms with van der Waals surface area (Å²) in [5, 5.41) is 6.39. The first kappa shape index (κ1) is 25.4. The van der Waals surface area contributed by atoms with Crippen molar-refractivity contribution < 1.29 is 12.8 Å². The molecule has 1 heterocycles. The average Bonchev–Trinajstić information content (AvgIpc) is 3.14. The van der Waals surface area contributed by atoms with Crippen LogP contribution in [0.5, 0.6) is 0 Å². The molecule has 0 amide bonds. The van der Waals surface area contributed by atoms with Crippen LogP contribution in [0.4, 0.5) is 0 Å². The first-order valence-corrected chi connectivity index (χ1v) is 11.3. The molecule has 0 bridgehead atoms. The van der Waals surface area contributed by atoms with Gasteiger partial charge in [-0.2, -0.15) is 0 Å². The van der Waals surface area contributed by atoms with Crippen molar-refractivity contribution in [3.8, 4) is 11.5 Å². The van der Waals surface area contributed by atoms with Gasteiger partial charge in [0.15, 0.2) is 5.96 Å². The van der Waals surface area contributed by atoms with Gasteiger partial charge in [-0.3, -0.25) is 0 Å². The lowest BCUT2D eigenvalue weighted by molar-refractivity contribution is 0.424. The predicted octanol–water partition coefficient (Wildman–Crippen LogP) is 2.69. The molecule has 0 atom stereocenters. The Balaban J connectivity index is 0.00000420. The van der Waals surface area contributed by atoms with E-state index in [-0.39, 0.29) is 24.0 Å². The number of hydrogen-bond donors (Lipinski definition) is 2. The van der Waals surface area contributed by atoms with Gasteiger partial charge in [0, 0.05) is 31.7 Å². The zero-order chi connectivity index (χ0) is 20.4. The second-order valence-electron chi connectivity index (χ2n) is 6.24. The largest absolute Gasteiger partial charge is 0.444 e. The number of oxazole rings is 1. The highest BCUT2D eigenvalue weighted by Gasteiger charge is 2.13. The molecule has 0 radical (unpaired) electrons. The minimum atomic E-state index is -3.15. The fourth-order valence-corrected chi connectivity index (χ4v) is 3.55. The molecule has 29 heavy (non-hydrogen) atoms. The van der Waals surface area contributed by atoms with Gasteiger partial charge in [0.2, 0.25) is 15.9 Å². The van der Waals surface area contributed by atoms with Crippen LogP contribution in [-0.2, 0) is 16.6 Å². The first-order chi connectivity index (χ1) is 13.4. The Kier molecular flexibility index (Phi) is 11.2. The van der Waals surface area contributed by atoms with Gasteiger partial charge in [-0.15, -0.1) is 24.0 Å². The van der Waals surface area contributed by atoms with Crippen molar-refractivity contribution in [2.24, 2.45) is 4.99 Å². The summed E-state index contributed by atoms with van der Waals surface area (Å²) in [5.41, 5.74) is 1.67. The summed E-state index contributed by atoms with van der Waals surface area (Å²) in [5.74, 6) is 1.23. The lowest BCUT2D eigenvalue weighted by atomic mass is 10.2. The topological polar surface area (TPSA) is 99.8 Å². The highest BCUT2D eigenvalue weighted by molar-refractivity contribution is 14.0. The van der Waals surface area contributed by atoms with Crippen LogP contribution in [0.3, 0.4) is 0 Å². The van der Waals surface area contributed by atoms with Gasteiger partial charge in [0.25, 0.3) is 0 Å². The molecule has 162 valence electrons. The number of nitrogens with one attached hydrogen (secondary N) is 2. The Hall–Kier alpha value is -1.66. The van der Waals surface area contributed by atoms with E-state index in [4.69, 9.17) is 4.42 Å². The summed E-state index contributed by atoms with van der Waals surface area (Å²) in [6.45, 7) is 6.51. The average molecular weight is 535 g/mol. The fraction of sp³-hybridized carbons (Fsp3) is 0.474. The molecule has 2 N–H and O–H groups in total. The molecule has 2 rings (SSSR count). The molecule has 8 nitrogen and oxygen atoms in total. The van der Waals surface area contributed by atoms with Crippen molar-refractivity contribution in [3.63, 3.8) is 0 Å². The second kappa shape index (κ2) is 12.8. The Morgan fingerprint density at radius 3 is 2.55 bits per heavy atom. The fourth-order valence-electron chi connectivity index (χ4n) is 2.62. The molecule has 0 saturated carbocycles. The van der Waals surface area contributed by atoms with E-state index in [1.54, 1.807) is 6.26 Å². The Bertz CT molecular complexity index is 856. The summed E-state index contributed by atoms with van der Waals surface area (Å²) in [6, 6.07) is 9.71. The molecule has 0 saturated heterocycles. The van der Waals surface area contributed by atoms with E-state index in [0.717, 1.165) is 17.8 Å². The summed E-state index contributed by atoms with van der Waals surface area (Å²) < 4.78 is 30.2.